The number of aryl methyl sites for hydroxylation is 2. The smallest absolute Gasteiger partial charge is 0.296 e. The van der Waals surface area contributed by atoms with Crippen LogP contribution in [0.2, 0.25) is 0 Å². The van der Waals surface area contributed by atoms with Gasteiger partial charge in [0.05, 0.1) is 0 Å². The van der Waals surface area contributed by atoms with Crippen molar-refractivity contribution in [3.63, 3.8) is 0 Å². The van der Waals surface area contributed by atoms with Crippen molar-refractivity contribution < 1.29 is 4.79 Å². The first-order valence-electron chi connectivity index (χ1n) is 11.0. The summed E-state index contributed by atoms with van der Waals surface area (Å²) in [6, 6.07) is 21.8. The lowest BCUT2D eigenvalue weighted by Gasteiger charge is -2.10. The van der Waals surface area contributed by atoms with Crippen LogP contribution >= 0.6 is 12.2 Å². The number of aromatic nitrogens is 2. The molecule has 0 radical (unpaired) electrons. The molecule has 1 amide bonds. The Labute approximate surface area is 199 Å². The molecule has 0 spiro atoms. The van der Waals surface area contributed by atoms with Crippen LogP contribution in [0.5, 0.6) is 0 Å². The number of hydrogen-bond donors (Lipinski definition) is 2. The number of thiocarbonyl (C=S) groups is 1. The predicted molar refractivity (Wildman–Crippen MR) is 137 cm³/mol. The summed E-state index contributed by atoms with van der Waals surface area (Å²) < 4.78 is 0. The molecule has 2 aromatic carbocycles. The number of nitrogens with zero attached hydrogens (tertiary/aromatic N) is 1. The van der Waals surface area contributed by atoms with E-state index in [0.717, 1.165) is 52.7 Å². The Balaban J connectivity index is 1.28. The molecule has 0 saturated carbocycles. The van der Waals surface area contributed by atoms with Gasteiger partial charge in [-0.2, -0.15) is 0 Å². The van der Waals surface area contributed by atoms with E-state index in [1.54, 1.807) is 0 Å². The fraction of sp³-hybridized carbons (Fsp3) is 0.179. The van der Waals surface area contributed by atoms with Crippen molar-refractivity contribution in [1.82, 2.24) is 15.3 Å². The summed E-state index contributed by atoms with van der Waals surface area (Å²) in [6.45, 7) is 0.452. The molecule has 0 saturated heterocycles. The van der Waals surface area contributed by atoms with Crippen molar-refractivity contribution in [2.24, 2.45) is 0 Å². The first kappa shape index (κ1) is 22.4. The minimum absolute atomic E-state index is 0.280. The fourth-order valence-electron chi connectivity index (χ4n) is 3.75. The molecular weight excluding hydrogens is 426 g/mol. The van der Waals surface area contributed by atoms with Crippen molar-refractivity contribution in [3.8, 4) is 11.8 Å². The zero-order valence-electron chi connectivity index (χ0n) is 18.3. The Bertz CT molecular complexity index is 1310. The standard InChI is InChI=1S/C28H25N3OS/c32-27(15-10-21-6-2-1-3-7-21)31-20-24-9-5-4-8-22(24)11-13-25(33)14-12-23-16-18-29-28-26(23)17-19-30-28/h1-9,16-19H,11-14,20H2,(H,29,30)(H,31,32). The molecule has 0 aliphatic heterocycles. The zero-order chi connectivity index (χ0) is 22.9. The van der Waals surface area contributed by atoms with Crippen LogP contribution < -0.4 is 5.32 Å². The van der Waals surface area contributed by atoms with Gasteiger partial charge >= 0.3 is 0 Å². The molecule has 4 rings (SSSR count). The van der Waals surface area contributed by atoms with Crippen LogP contribution in [0.15, 0.2) is 79.1 Å². The van der Waals surface area contributed by atoms with Gasteiger partial charge in [0.15, 0.2) is 0 Å². The number of amides is 1. The number of carbonyl (C=O) groups excluding carboxylic acids is 1. The molecule has 0 aliphatic rings. The lowest BCUT2D eigenvalue weighted by Crippen LogP contribution is -2.21. The molecular formula is C28H25N3OS. The van der Waals surface area contributed by atoms with E-state index in [1.807, 2.05) is 60.9 Å². The summed E-state index contributed by atoms with van der Waals surface area (Å²) in [5.74, 6) is 5.26. The van der Waals surface area contributed by atoms with Crippen LogP contribution in [-0.4, -0.2) is 20.7 Å². The minimum Gasteiger partial charge on any atom is -0.346 e. The molecule has 5 heteroatoms. The van der Waals surface area contributed by atoms with Crippen molar-refractivity contribution in [3.05, 3.63) is 101 Å². The van der Waals surface area contributed by atoms with Gasteiger partial charge in [0.25, 0.3) is 5.91 Å². The monoisotopic (exact) mass is 451 g/mol. The topological polar surface area (TPSA) is 57.8 Å². The Morgan fingerprint density at radius 2 is 1.64 bits per heavy atom. The van der Waals surface area contributed by atoms with Crippen LogP contribution in [0.3, 0.4) is 0 Å². The highest BCUT2D eigenvalue weighted by Gasteiger charge is 2.07. The third-order valence-electron chi connectivity index (χ3n) is 5.55. The molecule has 164 valence electrons. The first-order valence-corrected chi connectivity index (χ1v) is 11.4. The van der Waals surface area contributed by atoms with Crippen molar-refractivity contribution in [1.29, 1.82) is 0 Å². The van der Waals surface area contributed by atoms with Gasteiger partial charge in [0.2, 0.25) is 0 Å². The maximum Gasteiger partial charge on any atom is 0.296 e. The number of nitrogens with one attached hydrogen (secondary N) is 2. The van der Waals surface area contributed by atoms with Crippen molar-refractivity contribution >= 4 is 34.0 Å². The van der Waals surface area contributed by atoms with Gasteiger partial charge in [-0.15, -0.1) is 0 Å². The third-order valence-corrected chi connectivity index (χ3v) is 5.96. The van der Waals surface area contributed by atoms with Gasteiger partial charge in [-0.3, -0.25) is 4.79 Å². The average Bonchev–Trinajstić information content (AvgIpc) is 3.34. The molecule has 2 N–H and O–H groups in total. The van der Waals surface area contributed by atoms with Crippen molar-refractivity contribution in [2.75, 3.05) is 0 Å². The lowest BCUT2D eigenvalue weighted by molar-refractivity contribution is -0.115. The van der Waals surface area contributed by atoms with E-state index in [1.165, 1.54) is 11.1 Å². The minimum atomic E-state index is -0.280. The number of aromatic amines is 1. The van der Waals surface area contributed by atoms with E-state index in [4.69, 9.17) is 12.2 Å². The van der Waals surface area contributed by atoms with Crippen LogP contribution in [0.4, 0.5) is 0 Å². The van der Waals surface area contributed by atoms with E-state index >= 15 is 0 Å². The summed E-state index contributed by atoms with van der Waals surface area (Å²) in [7, 11) is 0. The highest BCUT2D eigenvalue weighted by Crippen LogP contribution is 2.18. The normalized spacial score (nSPS) is 10.4. The fourth-order valence-corrected chi connectivity index (χ4v) is 3.96. The number of benzene rings is 2. The van der Waals surface area contributed by atoms with Gasteiger partial charge in [0, 0.05) is 35.8 Å². The molecule has 33 heavy (non-hydrogen) atoms. The van der Waals surface area contributed by atoms with E-state index in [2.05, 4.69) is 45.3 Å². The largest absolute Gasteiger partial charge is 0.346 e. The van der Waals surface area contributed by atoms with Gasteiger partial charge in [-0.25, -0.2) is 4.98 Å². The van der Waals surface area contributed by atoms with Crippen molar-refractivity contribution in [2.45, 2.75) is 32.2 Å². The number of H-pyrrole nitrogens is 1. The van der Waals surface area contributed by atoms with E-state index in [-0.39, 0.29) is 5.91 Å². The maximum absolute atomic E-state index is 12.1. The molecule has 0 aliphatic carbocycles. The number of carbonyl (C=O) groups is 1. The van der Waals surface area contributed by atoms with Gasteiger partial charge in [-0.1, -0.05) is 60.6 Å². The molecule has 2 heterocycles. The molecule has 2 aromatic heterocycles. The second kappa shape index (κ2) is 11.2. The Morgan fingerprint density at radius 1 is 0.909 bits per heavy atom. The average molecular weight is 452 g/mol. The number of hydrogen-bond acceptors (Lipinski definition) is 3. The van der Waals surface area contributed by atoms with Gasteiger partial charge < -0.3 is 10.3 Å². The molecule has 0 unspecified atom stereocenters. The van der Waals surface area contributed by atoms with Crippen LogP contribution in [-0.2, 0) is 24.2 Å². The van der Waals surface area contributed by atoms with Gasteiger partial charge in [-0.05, 0) is 71.5 Å². The molecule has 0 atom stereocenters. The molecule has 4 aromatic rings. The summed E-state index contributed by atoms with van der Waals surface area (Å²) in [5, 5.41) is 4.07. The number of rotatable bonds is 8. The predicted octanol–water partition coefficient (Wildman–Crippen LogP) is 5.17. The van der Waals surface area contributed by atoms with Crippen LogP contribution in [0, 0.1) is 11.8 Å². The third kappa shape index (κ3) is 6.38. The Kier molecular flexibility index (Phi) is 7.63. The highest BCUT2D eigenvalue weighted by atomic mass is 32.1. The van der Waals surface area contributed by atoms with E-state index < -0.39 is 0 Å². The maximum atomic E-state index is 12.1. The number of fused-ring (bicyclic) bond motifs is 1. The highest BCUT2D eigenvalue weighted by molar-refractivity contribution is 7.80. The second-order valence-electron chi connectivity index (χ2n) is 7.82. The second-order valence-corrected chi connectivity index (χ2v) is 8.39. The van der Waals surface area contributed by atoms with Gasteiger partial charge in [0.1, 0.15) is 5.65 Å². The summed E-state index contributed by atoms with van der Waals surface area (Å²) >= 11 is 5.67. The molecule has 4 nitrogen and oxygen atoms in total. The SMILES string of the molecule is O=C(C#Cc1ccccc1)NCc1ccccc1CCC(=S)CCc1ccnc2[nH]ccc12. The van der Waals surface area contributed by atoms with Crippen LogP contribution in [0.1, 0.15) is 35.1 Å². The quantitative estimate of drug-likeness (QED) is 0.287. The summed E-state index contributed by atoms with van der Waals surface area (Å²) in [5.41, 5.74) is 5.31. The first-order chi connectivity index (χ1) is 16.2. The van der Waals surface area contributed by atoms with E-state index in [0.29, 0.717) is 6.54 Å². The summed E-state index contributed by atoms with van der Waals surface area (Å²) in [4.78, 5) is 20.7. The van der Waals surface area contributed by atoms with E-state index in [9.17, 15) is 4.79 Å². The lowest BCUT2D eigenvalue weighted by atomic mass is 9.99. The summed E-state index contributed by atoms with van der Waals surface area (Å²) in [6.07, 6.45) is 7.24. The molecule has 0 fully saturated rings. The molecule has 0 bridgehead atoms. The Morgan fingerprint density at radius 3 is 2.45 bits per heavy atom. The zero-order valence-corrected chi connectivity index (χ0v) is 19.1. The number of pyridine rings is 1. The Hall–Kier alpha value is -3.75. The van der Waals surface area contributed by atoms with Crippen LogP contribution in [0.25, 0.3) is 11.0 Å².